The van der Waals surface area contributed by atoms with Crippen molar-refractivity contribution in [3.63, 3.8) is 0 Å². The van der Waals surface area contributed by atoms with Crippen LogP contribution in [-0.4, -0.2) is 42.4 Å². The summed E-state index contributed by atoms with van der Waals surface area (Å²) >= 11 is 0. The number of hydrogen-bond donors (Lipinski definition) is 2. The van der Waals surface area contributed by atoms with Crippen molar-refractivity contribution in [2.45, 2.75) is 24.9 Å². The van der Waals surface area contributed by atoms with Gasteiger partial charge in [-0.25, -0.2) is 0 Å². The second-order valence-corrected chi connectivity index (χ2v) is 2.32. The van der Waals surface area contributed by atoms with Crippen LogP contribution in [0.1, 0.15) is 6.42 Å². The molecule has 4 heteroatoms. The zero-order valence-corrected chi connectivity index (χ0v) is 5.86. The van der Waals surface area contributed by atoms with Crippen molar-refractivity contribution in [1.82, 2.24) is 0 Å². The molecule has 0 radical (unpaired) electrons. The van der Waals surface area contributed by atoms with E-state index < -0.39 is 18.5 Å². The summed E-state index contributed by atoms with van der Waals surface area (Å²) in [5.41, 5.74) is 0. The quantitative estimate of drug-likeness (QED) is 0.506. The van der Waals surface area contributed by atoms with Crippen LogP contribution >= 0.6 is 0 Å². The van der Waals surface area contributed by atoms with Crippen molar-refractivity contribution in [2.75, 3.05) is 13.7 Å². The predicted molar refractivity (Wildman–Crippen MR) is 33.4 cm³/mol. The molecule has 1 aliphatic heterocycles. The van der Waals surface area contributed by atoms with Gasteiger partial charge >= 0.3 is 0 Å². The van der Waals surface area contributed by atoms with Gasteiger partial charge in [-0.1, -0.05) is 0 Å². The lowest BCUT2D eigenvalue weighted by Gasteiger charge is -2.30. The molecule has 0 aromatic rings. The van der Waals surface area contributed by atoms with Crippen LogP contribution in [0.5, 0.6) is 0 Å². The van der Waals surface area contributed by atoms with E-state index in [2.05, 4.69) is 0 Å². The molecule has 0 aromatic carbocycles. The molecule has 0 aromatic heterocycles. The smallest absolute Gasteiger partial charge is 0.185 e. The Labute approximate surface area is 59.4 Å². The summed E-state index contributed by atoms with van der Waals surface area (Å²) in [4.78, 5) is 0. The predicted octanol–water partition coefficient (Wildman–Crippen LogP) is -0.899. The van der Waals surface area contributed by atoms with Gasteiger partial charge in [0.1, 0.15) is 6.10 Å². The lowest BCUT2D eigenvalue weighted by molar-refractivity contribution is -0.232. The van der Waals surface area contributed by atoms with Crippen LogP contribution in [0.25, 0.3) is 0 Å². The monoisotopic (exact) mass is 148 g/mol. The van der Waals surface area contributed by atoms with Gasteiger partial charge in [-0.3, -0.25) is 0 Å². The molecule has 3 atom stereocenters. The van der Waals surface area contributed by atoms with E-state index in [0.29, 0.717) is 13.0 Å². The van der Waals surface area contributed by atoms with Crippen LogP contribution in [0.15, 0.2) is 0 Å². The van der Waals surface area contributed by atoms with Crippen molar-refractivity contribution in [3.8, 4) is 0 Å². The van der Waals surface area contributed by atoms with Crippen LogP contribution in [0.2, 0.25) is 0 Å². The maximum Gasteiger partial charge on any atom is 0.185 e. The third-order valence-corrected chi connectivity index (χ3v) is 1.60. The maximum atomic E-state index is 9.14. The third kappa shape index (κ3) is 1.46. The molecule has 0 unspecified atom stereocenters. The lowest BCUT2D eigenvalue weighted by atomic mass is 10.1. The first-order chi connectivity index (χ1) is 4.75. The van der Waals surface area contributed by atoms with Crippen molar-refractivity contribution in [1.29, 1.82) is 0 Å². The first kappa shape index (κ1) is 7.94. The van der Waals surface area contributed by atoms with Crippen LogP contribution in [0.3, 0.4) is 0 Å². The van der Waals surface area contributed by atoms with Crippen molar-refractivity contribution in [2.24, 2.45) is 0 Å². The zero-order valence-electron chi connectivity index (χ0n) is 5.86. The van der Waals surface area contributed by atoms with Crippen LogP contribution in [-0.2, 0) is 9.47 Å². The van der Waals surface area contributed by atoms with Crippen LogP contribution < -0.4 is 0 Å². The molecule has 1 heterocycles. The molecule has 0 spiro atoms. The van der Waals surface area contributed by atoms with Crippen molar-refractivity contribution >= 4 is 0 Å². The highest BCUT2D eigenvalue weighted by Crippen LogP contribution is 2.14. The van der Waals surface area contributed by atoms with E-state index >= 15 is 0 Å². The number of rotatable bonds is 1. The van der Waals surface area contributed by atoms with Gasteiger partial charge in [-0.15, -0.1) is 0 Å². The second kappa shape index (κ2) is 3.30. The molecule has 60 valence electrons. The van der Waals surface area contributed by atoms with Gasteiger partial charge in [-0.05, 0) is 6.42 Å². The number of aliphatic hydroxyl groups excluding tert-OH is 2. The number of ether oxygens (including phenoxy) is 2. The van der Waals surface area contributed by atoms with Crippen molar-refractivity contribution < 1.29 is 19.7 Å². The van der Waals surface area contributed by atoms with Gasteiger partial charge in [-0.2, -0.15) is 0 Å². The Hall–Kier alpha value is -0.160. The fraction of sp³-hybridized carbons (Fsp3) is 1.00. The molecule has 0 aliphatic carbocycles. The second-order valence-electron chi connectivity index (χ2n) is 2.32. The molecule has 10 heavy (non-hydrogen) atoms. The molecule has 4 nitrogen and oxygen atoms in total. The molecule has 0 saturated carbocycles. The molecule has 1 rings (SSSR count). The van der Waals surface area contributed by atoms with E-state index in [9.17, 15) is 0 Å². The minimum absolute atomic E-state index is 0.441. The fourth-order valence-corrected chi connectivity index (χ4v) is 0.963. The van der Waals surface area contributed by atoms with Gasteiger partial charge in [0.25, 0.3) is 0 Å². The molecule has 1 saturated heterocycles. The summed E-state index contributed by atoms with van der Waals surface area (Å²) in [5.74, 6) is 0. The van der Waals surface area contributed by atoms with Gasteiger partial charge in [0.2, 0.25) is 0 Å². The summed E-state index contributed by atoms with van der Waals surface area (Å²) in [7, 11) is 1.44. The van der Waals surface area contributed by atoms with E-state index in [1.807, 2.05) is 0 Å². The van der Waals surface area contributed by atoms with E-state index in [4.69, 9.17) is 19.7 Å². The number of methoxy groups -OCH3 is 1. The summed E-state index contributed by atoms with van der Waals surface area (Å²) < 4.78 is 9.72. The topological polar surface area (TPSA) is 58.9 Å². The number of aliphatic hydroxyl groups is 2. The standard InChI is InChI=1S/C6H12O4/c1-9-6-5(8)4(7)2-3-10-6/h4-8H,2-3H2,1H3/t4-,5-,6+/m0/s1. The van der Waals surface area contributed by atoms with E-state index in [1.54, 1.807) is 0 Å². The average molecular weight is 148 g/mol. The van der Waals surface area contributed by atoms with Gasteiger partial charge in [0, 0.05) is 7.11 Å². The molecule has 1 aliphatic rings. The largest absolute Gasteiger partial charge is 0.390 e. The van der Waals surface area contributed by atoms with Gasteiger partial charge in [0.05, 0.1) is 12.7 Å². The van der Waals surface area contributed by atoms with E-state index in [0.717, 1.165) is 0 Å². The fourth-order valence-electron chi connectivity index (χ4n) is 0.963. The van der Waals surface area contributed by atoms with Crippen LogP contribution in [0, 0.1) is 0 Å². The Morgan fingerprint density at radius 3 is 2.70 bits per heavy atom. The van der Waals surface area contributed by atoms with E-state index in [1.165, 1.54) is 7.11 Å². The highest BCUT2D eigenvalue weighted by Gasteiger charge is 2.30. The molecule has 2 N–H and O–H groups in total. The molecule has 1 fully saturated rings. The minimum atomic E-state index is -0.904. The van der Waals surface area contributed by atoms with Gasteiger partial charge < -0.3 is 19.7 Å². The Bertz CT molecular complexity index is 106. The Balaban J connectivity index is 2.42. The maximum absolute atomic E-state index is 9.14. The zero-order chi connectivity index (χ0) is 7.56. The van der Waals surface area contributed by atoms with E-state index in [-0.39, 0.29) is 0 Å². The first-order valence-electron chi connectivity index (χ1n) is 3.26. The molecular formula is C6H12O4. The Morgan fingerprint density at radius 2 is 2.20 bits per heavy atom. The lowest BCUT2D eigenvalue weighted by Crippen LogP contribution is -2.45. The summed E-state index contributed by atoms with van der Waals surface area (Å²) in [6, 6.07) is 0. The molecule has 0 bridgehead atoms. The highest BCUT2D eigenvalue weighted by atomic mass is 16.7. The normalized spacial score (nSPS) is 41.7. The molecular weight excluding hydrogens is 136 g/mol. The highest BCUT2D eigenvalue weighted by molar-refractivity contribution is 4.74. The number of hydrogen-bond acceptors (Lipinski definition) is 4. The molecule has 0 amide bonds. The average Bonchev–Trinajstić information content (AvgIpc) is 1.95. The Morgan fingerprint density at radius 1 is 1.50 bits per heavy atom. The van der Waals surface area contributed by atoms with Crippen LogP contribution in [0.4, 0.5) is 0 Å². The van der Waals surface area contributed by atoms with Gasteiger partial charge in [0.15, 0.2) is 6.29 Å². The SMILES string of the molecule is CO[C@@H]1OCC[C@H](O)[C@@H]1O. The summed E-state index contributed by atoms with van der Waals surface area (Å²) in [6.07, 6.45) is -1.80. The van der Waals surface area contributed by atoms with Crippen molar-refractivity contribution in [3.05, 3.63) is 0 Å². The third-order valence-electron chi connectivity index (χ3n) is 1.60. The summed E-state index contributed by atoms with van der Waals surface area (Å²) in [6.45, 7) is 0.441. The Kier molecular flexibility index (Phi) is 2.62. The minimum Gasteiger partial charge on any atom is -0.390 e. The summed E-state index contributed by atoms with van der Waals surface area (Å²) in [5, 5.41) is 18.2. The first-order valence-corrected chi connectivity index (χ1v) is 3.26.